The lowest BCUT2D eigenvalue weighted by Gasteiger charge is -2.31. The van der Waals surface area contributed by atoms with Crippen LogP contribution in [0.5, 0.6) is 11.5 Å². The Hall–Kier alpha value is -1.42. The number of nitrogens with zero attached hydrogens (tertiary/aromatic N) is 1. The lowest BCUT2D eigenvalue weighted by Crippen LogP contribution is -2.40. The van der Waals surface area contributed by atoms with Gasteiger partial charge < -0.3 is 14.8 Å². The second-order valence-corrected chi connectivity index (χ2v) is 6.35. The molecule has 0 aromatic heterocycles. The smallest absolute Gasteiger partial charge is 0.124 e. The summed E-state index contributed by atoms with van der Waals surface area (Å²) in [6, 6.07) is 6.40. The van der Waals surface area contributed by atoms with Crippen LogP contribution in [0.2, 0.25) is 0 Å². The molecule has 112 valence electrons. The van der Waals surface area contributed by atoms with E-state index in [1.54, 1.807) is 14.2 Å². The molecule has 20 heavy (non-hydrogen) atoms. The van der Waals surface area contributed by atoms with Gasteiger partial charge in [-0.05, 0) is 27.2 Å². The van der Waals surface area contributed by atoms with Crippen LogP contribution in [0.25, 0.3) is 0 Å². The maximum atomic E-state index is 5.31. The van der Waals surface area contributed by atoms with E-state index in [2.05, 4.69) is 31.0 Å². The average molecular weight is 278 g/mol. The average Bonchev–Trinajstić information content (AvgIpc) is 2.86. The summed E-state index contributed by atoms with van der Waals surface area (Å²) in [6.45, 7) is 9.02. The van der Waals surface area contributed by atoms with Crippen LogP contribution >= 0.6 is 0 Å². The van der Waals surface area contributed by atoms with Crippen LogP contribution in [0.4, 0.5) is 5.69 Å². The second kappa shape index (κ2) is 5.92. The maximum Gasteiger partial charge on any atom is 0.124 e. The summed E-state index contributed by atoms with van der Waals surface area (Å²) in [7, 11) is 3.35. The molecule has 1 aliphatic rings. The second-order valence-electron chi connectivity index (χ2n) is 6.35. The van der Waals surface area contributed by atoms with Crippen LogP contribution < -0.4 is 14.8 Å². The molecule has 0 radical (unpaired) electrons. The quantitative estimate of drug-likeness (QED) is 0.918. The Morgan fingerprint density at radius 1 is 1.10 bits per heavy atom. The van der Waals surface area contributed by atoms with E-state index in [1.165, 1.54) is 0 Å². The van der Waals surface area contributed by atoms with Crippen molar-refractivity contribution in [3.8, 4) is 11.5 Å². The van der Waals surface area contributed by atoms with Gasteiger partial charge >= 0.3 is 0 Å². The SMILES string of the molecule is COc1cc(NC2CCN(C(C)(C)C)C2)cc(OC)c1. The predicted molar refractivity (Wildman–Crippen MR) is 82.9 cm³/mol. The van der Waals surface area contributed by atoms with E-state index in [0.717, 1.165) is 36.7 Å². The normalized spacial score (nSPS) is 19.9. The van der Waals surface area contributed by atoms with Gasteiger partial charge in [0.1, 0.15) is 11.5 Å². The van der Waals surface area contributed by atoms with Gasteiger partial charge in [-0.3, -0.25) is 4.90 Å². The summed E-state index contributed by atoms with van der Waals surface area (Å²) in [6.07, 6.45) is 1.16. The standard InChI is InChI=1S/C16H26N2O2/c1-16(2,3)18-7-6-12(11-18)17-13-8-14(19-4)10-15(9-13)20-5/h8-10,12,17H,6-7,11H2,1-5H3. The molecule has 0 aliphatic carbocycles. The Morgan fingerprint density at radius 3 is 2.15 bits per heavy atom. The van der Waals surface area contributed by atoms with E-state index >= 15 is 0 Å². The fourth-order valence-corrected chi connectivity index (χ4v) is 2.61. The van der Waals surface area contributed by atoms with E-state index in [1.807, 2.05) is 18.2 Å². The summed E-state index contributed by atoms with van der Waals surface area (Å²) < 4.78 is 10.6. The van der Waals surface area contributed by atoms with E-state index in [-0.39, 0.29) is 5.54 Å². The first kappa shape index (κ1) is 15.0. The van der Waals surface area contributed by atoms with Crippen LogP contribution in [-0.2, 0) is 0 Å². The first-order valence-electron chi connectivity index (χ1n) is 7.17. The highest BCUT2D eigenvalue weighted by Crippen LogP contribution is 2.28. The van der Waals surface area contributed by atoms with Crippen molar-refractivity contribution < 1.29 is 9.47 Å². The Morgan fingerprint density at radius 2 is 1.70 bits per heavy atom. The van der Waals surface area contributed by atoms with Gasteiger partial charge in [0.25, 0.3) is 0 Å². The van der Waals surface area contributed by atoms with Crippen molar-refractivity contribution in [2.45, 2.75) is 38.8 Å². The largest absolute Gasteiger partial charge is 0.497 e. The fourth-order valence-electron chi connectivity index (χ4n) is 2.61. The van der Waals surface area contributed by atoms with Crippen LogP contribution in [0, 0.1) is 0 Å². The molecule has 2 rings (SSSR count). The van der Waals surface area contributed by atoms with E-state index in [0.29, 0.717) is 6.04 Å². The third kappa shape index (κ3) is 3.57. The molecule has 1 aliphatic heterocycles. The Bertz CT molecular complexity index is 432. The number of hydrogen-bond acceptors (Lipinski definition) is 4. The Kier molecular flexibility index (Phi) is 4.43. The van der Waals surface area contributed by atoms with E-state index < -0.39 is 0 Å². The van der Waals surface area contributed by atoms with Crippen molar-refractivity contribution >= 4 is 5.69 Å². The molecule has 0 spiro atoms. The van der Waals surface area contributed by atoms with Crippen LogP contribution in [0.3, 0.4) is 0 Å². The zero-order valence-electron chi connectivity index (χ0n) is 13.2. The highest BCUT2D eigenvalue weighted by molar-refractivity contribution is 5.54. The number of rotatable bonds is 4. The fraction of sp³-hybridized carbons (Fsp3) is 0.625. The van der Waals surface area contributed by atoms with Gasteiger partial charge in [0.15, 0.2) is 0 Å². The molecule has 4 nitrogen and oxygen atoms in total. The molecule has 1 fully saturated rings. The molecule has 1 saturated heterocycles. The van der Waals surface area contributed by atoms with Gasteiger partial charge in [0.2, 0.25) is 0 Å². The van der Waals surface area contributed by atoms with Gasteiger partial charge in [-0.2, -0.15) is 0 Å². The van der Waals surface area contributed by atoms with Gasteiger partial charge in [-0.15, -0.1) is 0 Å². The summed E-state index contributed by atoms with van der Waals surface area (Å²) in [4.78, 5) is 2.52. The summed E-state index contributed by atoms with van der Waals surface area (Å²) in [5.41, 5.74) is 1.30. The number of likely N-dealkylation sites (tertiary alicyclic amines) is 1. The number of hydrogen-bond donors (Lipinski definition) is 1. The zero-order valence-corrected chi connectivity index (χ0v) is 13.2. The Balaban J connectivity index is 2.04. The number of ether oxygens (including phenoxy) is 2. The third-order valence-electron chi connectivity index (χ3n) is 3.86. The monoisotopic (exact) mass is 278 g/mol. The molecule has 1 unspecified atom stereocenters. The first-order chi connectivity index (χ1) is 9.42. The summed E-state index contributed by atoms with van der Waals surface area (Å²) in [5, 5.41) is 3.59. The highest BCUT2D eigenvalue weighted by atomic mass is 16.5. The van der Waals surface area contributed by atoms with Gasteiger partial charge in [-0.1, -0.05) is 0 Å². The molecular formula is C16H26N2O2. The van der Waals surface area contributed by atoms with Gasteiger partial charge in [0.05, 0.1) is 14.2 Å². The topological polar surface area (TPSA) is 33.7 Å². The molecule has 1 heterocycles. The first-order valence-corrected chi connectivity index (χ1v) is 7.17. The zero-order chi connectivity index (χ0) is 14.8. The molecule has 1 aromatic carbocycles. The van der Waals surface area contributed by atoms with Crippen molar-refractivity contribution in [1.29, 1.82) is 0 Å². The maximum absolute atomic E-state index is 5.31. The van der Waals surface area contributed by atoms with Gasteiger partial charge in [-0.25, -0.2) is 0 Å². The minimum atomic E-state index is 0.239. The predicted octanol–water partition coefficient (Wildman–Crippen LogP) is 2.99. The Labute approximate surface area is 122 Å². The van der Waals surface area contributed by atoms with E-state index in [9.17, 15) is 0 Å². The van der Waals surface area contributed by atoms with Crippen LogP contribution in [0.15, 0.2) is 18.2 Å². The molecule has 1 aromatic rings. The van der Waals surface area contributed by atoms with Crippen molar-refractivity contribution in [3.05, 3.63) is 18.2 Å². The van der Waals surface area contributed by atoms with Crippen molar-refractivity contribution in [3.63, 3.8) is 0 Å². The third-order valence-corrected chi connectivity index (χ3v) is 3.86. The van der Waals surface area contributed by atoms with Crippen molar-refractivity contribution in [2.75, 3.05) is 32.6 Å². The lowest BCUT2D eigenvalue weighted by atomic mass is 10.1. The summed E-state index contributed by atoms with van der Waals surface area (Å²) >= 11 is 0. The number of benzene rings is 1. The molecule has 1 N–H and O–H groups in total. The summed E-state index contributed by atoms with van der Waals surface area (Å²) in [5.74, 6) is 1.63. The number of nitrogens with one attached hydrogen (secondary N) is 1. The molecule has 0 amide bonds. The molecule has 0 saturated carbocycles. The number of methoxy groups -OCH3 is 2. The number of anilines is 1. The molecule has 4 heteroatoms. The highest BCUT2D eigenvalue weighted by Gasteiger charge is 2.30. The van der Waals surface area contributed by atoms with Crippen molar-refractivity contribution in [1.82, 2.24) is 4.90 Å². The van der Waals surface area contributed by atoms with Crippen LogP contribution in [0.1, 0.15) is 27.2 Å². The van der Waals surface area contributed by atoms with Gasteiger partial charge in [0, 0.05) is 48.6 Å². The lowest BCUT2D eigenvalue weighted by molar-refractivity contribution is 0.174. The minimum absolute atomic E-state index is 0.239. The molecular weight excluding hydrogens is 252 g/mol. The van der Waals surface area contributed by atoms with Crippen molar-refractivity contribution in [2.24, 2.45) is 0 Å². The molecule has 0 bridgehead atoms. The van der Waals surface area contributed by atoms with E-state index in [4.69, 9.17) is 9.47 Å². The molecule has 1 atom stereocenters. The van der Waals surface area contributed by atoms with Crippen LogP contribution in [-0.4, -0.2) is 43.8 Å². The minimum Gasteiger partial charge on any atom is -0.497 e.